The molecule has 11 nitrogen and oxygen atoms in total. The number of fused-ring (bicyclic) bond motifs is 1. The first-order valence-corrected chi connectivity index (χ1v) is 9.60. The van der Waals surface area contributed by atoms with Gasteiger partial charge < -0.3 is 30.9 Å². The number of pyridine rings is 1. The molecule has 4 rings (SSSR count). The normalized spacial score (nSPS) is 13.5. The smallest absolute Gasteiger partial charge is 0.256 e. The van der Waals surface area contributed by atoms with Crippen LogP contribution in [0.1, 0.15) is 23.2 Å². The highest BCUT2D eigenvalue weighted by atomic mass is 16.5. The lowest BCUT2D eigenvalue weighted by atomic mass is 10.3. The number of amides is 1. The fraction of sp³-hybridized carbons (Fsp3) is 0.368. The molecule has 158 valence electrons. The summed E-state index contributed by atoms with van der Waals surface area (Å²) in [6, 6.07) is 5.40. The van der Waals surface area contributed by atoms with Crippen LogP contribution in [-0.2, 0) is 0 Å². The number of hydrogen-bond acceptors (Lipinski definition) is 9. The van der Waals surface area contributed by atoms with E-state index in [4.69, 9.17) is 4.74 Å². The van der Waals surface area contributed by atoms with Crippen molar-refractivity contribution >= 4 is 28.9 Å². The highest BCUT2D eigenvalue weighted by Crippen LogP contribution is 2.28. The predicted octanol–water partition coefficient (Wildman–Crippen LogP) is 0.534. The summed E-state index contributed by atoms with van der Waals surface area (Å²) in [6.07, 6.45) is 4.21. The number of nitrogens with zero attached hydrogens (tertiary/aromatic N) is 4. The van der Waals surface area contributed by atoms with Crippen molar-refractivity contribution in [1.29, 1.82) is 0 Å². The number of aliphatic hydroxyl groups is 2. The van der Waals surface area contributed by atoms with E-state index in [0.717, 1.165) is 12.8 Å². The molecule has 1 fully saturated rings. The highest BCUT2D eigenvalue weighted by Gasteiger charge is 2.26. The number of aromatic nitrogens is 4. The van der Waals surface area contributed by atoms with Crippen molar-refractivity contribution in [3.8, 4) is 5.88 Å². The maximum absolute atomic E-state index is 12.6. The Morgan fingerprint density at radius 1 is 1.37 bits per heavy atom. The zero-order valence-corrected chi connectivity index (χ0v) is 16.4. The second-order valence-electron chi connectivity index (χ2n) is 6.90. The van der Waals surface area contributed by atoms with E-state index in [1.165, 1.54) is 6.20 Å². The Morgan fingerprint density at radius 3 is 2.87 bits per heavy atom. The largest absolute Gasteiger partial charge is 0.468 e. The molecule has 1 saturated carbocycles. The molecule has 0 aromatic carbocycles. The first kappa shape index (κ1) is 19.9. The van der Waals surface area contributed by atoms with Crippen molar-refractivity contribution in [3.05, 3.63) is 36.2 Å². The van der Waals surface area contributed by atoms with Gasteiger partial charge >= 0.3 is 0 Å². The van der Waals surface area contributed by atoms with Crippen molar-refractivity contribution in [3.63, 3.8) is 0 Å². The Balaban J connectivity index is 1.67. The van der Waals surface area contributed by atoms with Crippen LogP contribution in [0.2, 0.25) is 0 Å². The van der Waals surface area contributed by atoms with Gasteiger partial charge in [-0.1, -0.05) is 0 Å². The number of carbonyl (C=O) groups is 1. The molecule has 0 spiro atoms. The standard InChI is InChI=1S/C19H23N7O4/c1-20-16-7-15(24-14-3-2-6-21-19(14)30-12(9-27)10-28)25-17-13(8-22-26(16)17)18(29)23-11-4-5-11/h2-3,6-8,11-12,20,27-28H,4-5,9-10H2,1H3,(H,23,29)(H,24,25). The Kier molecular flexibility index (Phi) is 5.63. The van der Waals surface area contributed by atoms with Gasteiger partial charge in [0.25, 0.3) is 5.91 Å². The summed E-state index contributed by atoms with van der Waals surface area (Å²) in [7, 11) is 1.75. The Labute approximate surface area is 172 Å². The van der Waals surface area contributed by atoms with Crippen LogP contribution in [0.3, 0.4) is 0 Å². The van der Waals surface area contributed by atoms with Crippen molar-refractivity contribution in [2.24, 2.45) is 0 Å². The van der Waals surface area contributed by atoms with Crippen LogP contribution in [0.15, 0.2) is 30.6 Å². The lowest BCUT2D eigenvalue weighted by Gasteiger charge is -2.17. The second kappa shape index (κ2) is 8.51. The van der Waals surface area contributed by atoms with Crippen LogP contribution in [0.5, 0.6) is 5.88 Å². The average molecular weight is 413 g/mol. The van der Waals surface area contributed by atoms with Gasteiger partial charge in [-0.05, 0) is 25.0 Å². The number of nitrogens with one attached hydrogen (secondary N) is 3. The van der Waals surface area contributed by atoms with Crippen LogP contribution < -0.4 is 20.7 Å². The van der Waals surface area contributed by atoms with Crippen molar-refractivity contribution < 1.29 is 19.7 Å². The SMILES string of the molecule is CNc1cc(Nc2cccnc2OC(CO)CO)nc2c(C(=O)NC3CC3)cnn12. The summed E-state index contributed by atoms with van der Waals surface area (Å²) in [5.41, 5.74) is 1.27. The lowest BCUT2D eigenvalue weighted by molar-refractivity contribution is 0.0602. The van der Waals surface area contributed by atoms with Gasteiger partial charge in [0.2, 0.25) is 5.88 Å². The van der Waals surface area contributed by atoms with Crippen LogP contribution in [0.4, 0.5) is 17.3 Å². The molecule has 0 saturated heterocycles. The third kappa shape index (κ3) is 4.11. The van der Waals surface area contributed by atoms with E-state index in [2.05, 4.69) is 31.0 Å². The minimum absolute atomic E-state index is 0.207. The van der Waals surface area contributed by atoms with E-state index in [1.807, 2.05) is 0 Å². The molecule has 1 aliphatic carbocycles. The molecule has 3 heterocycles. The minimum atomic E-state index is -0.795. The molecule has 0 aliphatic heterocycles. The summed E-state index contributed by atoms with van der Waals surface area (Å²) >= 11 is 0. The molecule has 11 heteroatoms. The summed E-state index contributed by atoms with van der Waals surface area (Å²) in [6.45, 7) is -0.703. The zero-order chi connectivity index (χ0) is 21.1. The summed E-state index contributed by atoms with van der Waals surface area (Å²) in [4.78, 5) is 21.3. The topological polar surface area (TPSA) is 146 Å². The van der Waals surface area contributed by atoms with Crippen LogP contribution >= 0.6 is 0 Å². The number of ether oxygens (including phenoxy) is 1. The Morgan fingerprint density at radius 2 is 2.17 bits per heavy atom. The summed E-state index contributed by atoms with van der Waals surface area (Å²) < 4.78 is 7.12. The molecule has 0 radical (unpaired) electrons. The van der Waals surface area contributed by atoms with Gasteiger partial charge in [0.15, 0.2) is 5.65 Å². The number of carbonyl (C=O) groups excluding carboxylic acids is 1. The molecule has 0 atom stereocenters. The first-order valence-electron chi connectivity index (χ1n) is 9.60. The monoisotopic (exact) mass is 413 g/mol. The molecule has 3 aromatic heterocycles. The molecule has 0 bridgehead atoms. The van der Waals surface area contributed by atoms with Gasteiger partial charge in [0.1, 0.15) is 29.0 Å². The third-order valence-electron chi connectivity index (χ3n) is 4.60. The number of hydrogen-bond donors (Lipinski definition) is 5. The number of rotatable bonds is 9. The predicted molar refractivity (Wildman–Crippen MR) is 109 cm³/mol. The van der Waals surface area contributed by atoms with E-state index >= 15 is 0 Å². The minimum Gasteiger partial charge on any atom is -0.468 e. The Bertz CT molecular complexity index is 1050. The average Bonchev–Trinajstić information content (AvgIpc) is 3.47. The van der Waals surface area contributed by atoms with Crippen LogP contribution in [0, 0.1) is 0 Å². The van der Waals surface area contributed by atoms with E-state index in [0.29, 0.717) is 28.5 Å². The van der Waals surface area contributed by atoms with E-state index < -0.39 is 6.10 Å². The van der Waals surface area contributed by atoms with Gasteiger partial charge in [-0.25, -0.2) is 9.97 Å². The molecule has 30 heavy (non-hydrogen) atoms. The van der Waals surface area contributed by atoms with Crippen LogP contribution in [0.25, 0.3) is 5.65 Å². The molecular formula is C19H23N7O4. The number of anilines is 3. The molecule has 0 unspecified atom stereocenters. The quantitative estimate of drug-likeness (QED) is 0.339. The molecule has 3 aromatic rings. The van der Waals surface area contributed by atoms with E-state index in [1.54, 1.807) is 36.0 Å². The summed E-state index contributed by atoms with van der Waals surface area (Å²) in [5, 5.41) is 32.0. The summed E-state index contributed by atoms with van der Waals surface area (Å²) in [5.74, 6) is 1.06. The van der Waals surface area contributed by atoms with E-state index in [9.17, 15) is 15.0 Å². The van der Waals surface area contributed by atoms with Gasteiger partial charge in [-0.2, -0.15) is 9.61 Å². The van der Waals surface area contributed by atoms with Gasteiger partial charge in [-0.3, -0.25) is 4.79 Å². The molecular weight excluding hydrogens is 390 g/mol. The zero-order valence-electron chi connectivity index (χ0n) is 16.4. The van der Waals surface area contributed by atoms with Crippen LogP contribution in [-0.4, -0.2) is 68.1 Å². The third-order valence-corrected chi connectivity index (χ3v) is 4.60. The second-order valence-corrected chi connectivity index (χ2v) is 6.90. The van der Waals surface area contributed by atoms with Gasteiger partial charge in [0.05, 0.1) is 19.4 Å². The fourth-order valence-electron chi connectivity index (χ4n) is 2.86. The molecule has 1 amide bonds. The molecule has 1 aliphatic rings. The van der Waals surface area contributed by atoms with Gasteiger partial charge in [-0.15, -0.1) is 0 Å². The van der Waals surface area contributed by atoms with Crippen molar-refractivity contribution in [1.82, 2.24) is 24.9 Å². The van der Waals surface area contributed by atoms with E-state index in [-0.39, 0.29) is 31.0 Å². The first-order chi connectivity index (χ1) is 14.6. The maximum atomic E-state index is 12.6. The lowest BCUT2D eigenvalue weighted by Crippen LogP contribution is -2.26. The fourth-order valence-corrected chi connectivity index (χ4v) is 2.86. The number of aliphatic hydroxyl groups excluding tert-OH is 2. The Hall–Kier alpha value is -3.44. The highest BCUT2D eigenvalue weighted by molar-refractivity contribution is 6.00. The maximum Gasteiger partial charge on any atom is 0.256 e. The van der Waals surface area contributed by atoms with Gasteiger partial charge in [0, 0.05) is 25.4 Å². The van der Waals surface area contributed by atoms with Crippen molar-refractivity contribution in [2.75, 3.05) is 30.9 Å². The molecule has 5 N–H and O–H groups in total. The van der Waals surface area contributed by atoms with Crippen molar-refractivity contribution in [2.45, 2.75) is 25.0 Å².